The summed E-state index contributed by atoms with van der Waals surface area (Å²) < 4.78 is 0. The Morgan fingerprint density at radius 1 is 1.15 bits per heavy atom. The third-order valence-corrected chi connectivity index (χ3v) is 7.42. The fraction of sp³-hybridized carbons (Fsp3) is 0.269. The van der Waals surface area contributed by atoms with Crippen LogP contribution >= 0.6 is 11.3 Å². The standard InChI is InChI=1S/C26H26N4O3S/c1-16(30-13-11-18(12-14-30)24(32)27-20-9-5-6-10-21(20)31)23-28-25(33)22-19(15-34-26(22)29-23)17-7-3-2-4-8-17/h2-10,15-16,18,31H,11-14H2,1H3,(H,27,32)(H,28,29,33)/t16-/m0/s1. The summed E-state index contributed by atoms with van der Waals surface area (Å²) in [5.74, 6) is 0.518. The first-order chi connectivity index (χ1) is 16.5. The molecule has 3 heterocycles. The summed E-state index contributed by atoms with van der Waals surface area (Å²) >= 11 is 1.48. The van der Waals surface area contributed by atoms with Crippen LogP contribution in [0, 0.1) is 5.92 Å². The third-order valence-electron chi connectivity index (χ3n) is 6.55. The molecule has 2 aromatic heterocycles. The molecule has 4 aromatic rings. The van der Waals surface area contributed by atoms with Crippen LogP contribution in [0.2, 0.25) is 0 Å². The third kappa shape index (κ3) is 4.34. The molecule has 8 heteroatoms. The Kier molecular flexibility index (Phi) is 6.17. The molecule has 0 spiro atoms. The van der Waals surface area contributed by atoms with Gasteiger partial charge in [0.15, 0.2) is 0 Å². The molecular formula is C26H26N4O3S. The van der Waals surface area contributed by atoms with Gasteiger partial charge in [0.05, 0.1) is 17.1 Å². The lowest BCUT2D eigenvalue weighted by atomic mass is 9.94. The Morgan fingerprint density at radius 2 is 1.85 bits per heavy atom. The van der Waals surface area contributed by atoms with Crippen LogP contribution in [-0.2, 0) is 4.79 Å². The monoisotopic (exact) mass is 474 g/mol. The Hall–Kier alpha value is -3.49. The van der Waals surface area contributed by atoms with Crippen LogP contribution in [-0.4, -0.2) is 39.0 Å². The minimum atomic E-state index is -0.122. The highest BCUT2D eigenvalue weighted by Crippen LogP contribution is 2.32. The SMILES string of the molecule is C[C@@H](c1nc2scc(-c3ccccc3)c2c(=O)[nH]1)N1CCC(C(=O)Nc2ccccc2O)CC1. The molecule has 3 N–H and O–H groups in total. The summed E-state index contributed by atoms with van der Waals surface area (Å²) in [5, 5.41) is 15.4. The van der Waals surface area contributed by atoms with Crippen molar-refractivity contribution in [1.82, 2.24) is 14.9 Å². The maximum Gasteiger partial charge on any atom is 0.260 e. The molecule has 1 aliphatic heterocycles. The van der Waals surface area contributed by atoms with Crippen LogP contribution in [0.1, 0.15) is 31.6 Å². The number of aromatic amines is 1. The molecule has 34 heavy (non-hydrogen) atoms. The number of anilines is 1. The van der Waals surface area contributed by atoms with Crippen molar-refractivity contribution in [2.45, 2.75) is 25.8 Å². The number of carbonyl (C=O) groups is 1. The molecule has 1 atom stereocenters. The zero-order valence-electron chi connectivity index (χ0n) is 18.8. The largest absolute Gasteiger partial charge is 0.506 e. The van der Waals surface area contributed by atoms with Gasteiger partial charge in [-0.3, -0.25) is 14.5 Å². The number of benzene rings is 2. The Bertz CT molecular complexity index is 1370. The normalized spacial score (nSPS) is 15.9. The minimum Gasteiger partial charge on any atom is -0.506 e. The summed E-state index contributed by atoms with van der Waals surface area (Å²) in [5.41, 5.74) is 2.23. The number of hydrogen-bond donors (Lipinski definition) is 3. The highest BCUT2D eigenvalue weighted by molar-refractivity contribution is 7.17. The van der Waals surface area contributed by atoms with Gasteiger partial charge in [-0.25, -0.2) is 4.98 Å². The molecule has 174 valence electrons. The molecule has 0 bridgehead atoms. The lowest BCUT2D eigenvalue weighted by molar-refractivity contribution is -0.121. The number of fused-ring (bicyclic) bond motifs is 1. The maximum atomic E-state index is 13.0. The van der Waals surface area contributed by atoms with Crippen LogP contribution in [0.3, 0.4) is 0 Å². The Labute approximate surface area is 201 Å². The number of aromatic nitrogens is 2. The van der Waals surface area contributed by atoms with Gasteiger partial charge in [0, 0.05) is 16.9 Å². The van der Waals surface area contributed by atoms with Gasteiger partial charge in [-0.15, -0.1) is 11.3 Å². The highest BCUT2D eigenvalue weighted by atomic mass is 32.1. The second-order valence-corrected chi connectivity index (χ2v) is 9.50. The fourth-order valence-electron chi connectivity index (χ4n) is 4.53. The molecule has 7 nitrogen and oxygen atoms in total. The first kappa shape index (κ1) is 22.3. The van der Waals surface area contributed by atoms with E-state index in [4.69, 9.17) is 4.98 Å². The number of hydrogen-bond acceptors (Lipinski definition) is 6. The summed E-state index contributed by atoms with van der Waals surface area (Å²) in [7, 11) is 0. The zero-order valence-corrected chi connectivity index (χ0v) is 19.6. The van der Waals surface area contributed by atoms with E-state index in [2.05, 4.69) is 15.2 Å². The number of rotatable bonds is 5. The van der Waals surface area contributed by atoms with E-state index >= 15 is 0 Å². The highest BCUT2D eigenvalue weighted by Gasteiger charge is 2.29. The Morgan fingerprint density at radius 3 is 2.59 bits per heavy atom. The minimum absolute atomic E-state index is 0.0660. The van der Waals surface area contributed by atoms with Crippen molar-refractivity contribution in [2.24, 2.45) is 5.92 Å². The van der Waals surface area contributed by atoms with Gasteiger partial charge in [-0.2, -0.15) is 0 Å². The van der Waals surface area contributed by atoms with Crippen LogP contribution < -0.4 is 10.9 Å². The number of H-pyrrole nitrogens is 1. The quantitative estimate of drug-likeness (QED) is 0.362. The van der Waals surface area contributed by atoms with Gasteiger partial charge in [0.25, 0.3) is 5.56 Å². The number of para-hydroxylation sites is 2. The van der Waals surface area contributed by atoms with E-state index in [9.17, 15) is 14.7 Å². The number of aromatic hydroxyl groups is 1. The summed E-state index contributed by atoms with van der Waals surface area (Å²) in [4.78, 5) is 36.5. The van der Waals surface area contributed by atoms with Crippen molar-refractivity contribution in [3.05, 3.63) is 76.2 Å². The van der Waals surface area contributed by atoms with Crippen LogP contribution in [0.5, 0.6) is 5.75 Å². The van der Waals surface area contributed by atoms with Gasteiger partial charge in [-0.05, 0) is 50.6 Å². The van der Waals surface area contributed by atoms with Crippen molar-refractivity contribution in [3.8, 4) is 16.9 Å². The van der Waals surface area contributed by atoms with Crippen molar-refractivity contribution in [2.75, 3.05) is 18.4 Å². The summed E-state index contributed by atoms with van der Waals surface area (Å²) in [6, 6.07) is 16.6. The van der Waals surface area contributed by atoms with Crippen molar-refractivity contribution in [1.29, 1.82) is 0 Å². The lowest BCUT2D eigenvalue weighted by Crippen LogP contribution is -2.40. The second kappa shape index (κ2) is 9.40. The number of phenolic OH excluding ortho intramolecular Hbond substituents is 1. The van der Waals surface area contributed by atoms with E-state index in [1.807, 2.05) is 42.6 Å². The molecule has 1 saturated heterocycles. The fourth-order valence-corrected chi connectivity index (χ4v) is 5.48. The number of likely N-dealkylation sites (tertiary alicyclic amines) is 1. The van der Waals surface area contributed by atoms with Gasteiger partial charge in [0.1, 0.15) is 16.4 Å². The summed E-state index contributed by atoms with van der Waals surface area (Å²) in [6.45, 7) is 3.49. The average molecular weight is 475 g/mol. The van der Waals surface area contributed by atoms with Crippen LogP contribution in [0.25, 0.3) is 21.3 Å². The first-order valence-electron chi connectivity index (χ1n) is 11.4. The number of carbonyl (C=O) groups excluding carboxylic acids is 1. The van der Waals surface area contributed by atoms with E-state index in [-0.39, 0.29) is 29.2 Å². The topological polar surface area (TPSA) is 98.3 Å². The van der Waals surface area contributed by atoms with E-state index in [1.54, 1.807) is 24.3 Å². The predicted octanol–water partition coefficient (Wildman–Crippen LogP) is 4.77. The van der Waals surface area contributed by atoms with Crippen molar-refractivity contribution < 1.29 is 9.90 Å². The number of nitrogens with zero attached hydrogens (tertiary/aromatic N) is 2. The maximum absolute atomic E-state index is 13.0. The average Bonchev–Trinajstić information content (AvgIpc) is 3.30. The number of phenols is 1. The molecule has 0 aliphatic carbocycles. The number of piperidine rings is 1. The zero-order chi connectivity index (χ0) is 23.7. The Balaban J connectivity index is 1.28. The predicted molar refractivity (Wildman–Crippen MR) is 135 cm³/mol. The molecular weight excluding hydrogens is 448 g/mol. The molecule has 0 saturated carbocycles. The van der Waals surface area contributed by atoms with E-state index in [0.29, 0.717) is 29.7 Å². The van der Waals surface area contributed by atoms with Gasteiger partial charge >= 0.3 is 0 Å². The van der Waals surface area contributed by atoms with Crippen LogP contribution in [0.15, 0.2) is 64.8 Å². The molecule has 1 amide bonds. The van der Waals surface area contributed by atoms with Gasteiger partial charge < -0.3 is 15.4 Å². The van der Waals surface area contributed by atoms with E-state index < -0.39 is 0 Å². The number of thiophene rings is 1. The van der Waals surface area contributed by atoms with Crippen molar-refractivity contribution in [3.63, 3.8) is 0 Å². The van der Waals surface area contributed by atoms with Gasteiger partial charge in [-0.1, -0.05) is 42.5 Å². The lowest BCUT2D eigenvalue weighted by Gasteiger charge is -2.35. The number of amides is 1. The molecule has 5 rings (SSSR count). The molecule has 0 radical (unpaired) electrons. The van der Waals surface area contributed by atoms with Crippen molar-refractivity contribution >= 4 is 33.1 Å². The molecule has 1 aliphatic rings. The first-order valence-corrected chi connectivity index (χ1v) is 12.3. The summed E-state index contributed by atoms with van der Waals surface area (Å²) in [6.07, 6.45) is 1.40. The number of nitrogens with one attached hydrogen (secondary N) is 2. The second-order valence-electron chi connectivity index (χ2n) is 8.64. The van der Waals surface area contributed by atoms with Gasteiger partial charge in [0.2, 0.25) is 5.91 Å². The molecule has 2 aromatic carbocycles. The van der Waals surface area contributed by atoms with Crippen LogP contribution in [0.4, 0.5) is 5.69 Å². The molecule has 0 unspecified atom stereocenters. The molecule has 1 fully saturated rings. The smallest absolute Gasteiger partial charge is 0.260 e. The van der Waals surface area contributed by atoms with E-state index in [1.165, 1.54) is 11.3 Å². The van der Waals surface area contributed by atoms with E-state index in [0.717, 1.165) is 29.0 Å².